The summed E-state index contributed by atoms with van der Waals surface area (Å²) in [5.74, 6) is 5.50. The number of hydrogen-bond acceptors (Lipinski definition) is 3. The molecule has 1 amide bonds. The Kier molecular flexibility index (Phi) is 8.31. The minimum absolute atomic E-state index is 0.0325. The normalized spacial score (nSPS) is 8.77. The standard InChI is InChI=1S/C9H16N2O2/c1-3-4-5-10-8-9(12)11-6-7-13-2/h10H,5-8H2,1-2H3,(H,11,12). The lowest BCUT2D eigenvalue weighted by Crippen LogP contribution is -2.35. The summed E-state index contributed by atoms with van der Waals surface area (Å²) in [6.07, 6.45) is 0. The molecule has 0 rings (SSSR count). The van der Waals surface area contributed by atoms with Gasteiger partial charge in [0.25, 0.3) is 0 Å². The van der Waals surface area contributed by atoms with Crippen LogP contribution in [-0.4, -0.2) is 39.3 Å². The Morgan fingerprint density at radius 1 is 1.54 bits per heavy atom. The van der Waals surface area contributed by atoms with Gasteiger partial charge in [-0.05, 0) is 6.92 Å². The van der Waals surface area contributed by atoms with Crippen molar-refractivity contribution < 1.29 is 9.53 Å². The molecule has 74 valence electrons. The number of methoxy groups -OCH3 is 1. The molecule has 0 aliphatic heterocycles. The molecule has 0 aromatic carbocycles. The fraction of sp³-hybridized carbons (Fsp3) is 0.667. The second-order valence-corrected chi connectivity index (χ2v) is 2.37. The number of carbonyl (C=O) groups is 1. The van der Waals surface area contributed by atoms with Crippen molar-refractivity contribution in [2.75, 3.05) is 33.4 Å². The Morgan fingerprint density at radius 2 is 2.31 bits per heavy atom. The fourth-order valence-electron chi connectivity index (χ4n) is 0.682. The molecule has 0 aliphatic rings. The van der Waals surface area contributed by atoms with Gasteiger partial charge in [-0.1, -0.05) is 5.92 Å². The Morgan fingerprint density at radius 3 is 2.92 bits per heavy atom. The highest BCUT2D eigenvalue weighted by Crippen LogP contribution is 1.67. The van der Waals surface area contributed by atoms with E-state index in [1.165, 1.54) is 0 Å². The van der Waals surface area contributed by atoms with Crippen molar-refractivity contribution >= 4 is 5.91 Å². The second-order valence-electron chi connectivity index (χ2n) is 2.37. The monoisotopic (exact) mass is 184 g/mol. The van der Waals surface area contributed by atoms with Crippen LogP contribution in [0.5, 0.6) is 0 Å². The molecule has 4 nitrogen and oxygen atoms in total. The van der Waals surface area contributed by atoms with E-state index >= 15 is 0 Å². The maximum atomic E-state index is 11.0. The summed E-state index contributed by atoms with van der Waals surface area (Å²) in [6, 6.07) is 0. The van der Waals surface area contributed by atoms with E-state index in [1.54, 1.807) is 14.0 Å². The van der Waals surface area contributed by atoms with Gasteiger partial charge in [0, 0.05) is 13.7 Å². The van der Waals surface area contributed by atoms with Crippen molar-refractivity contribution in [2.24, 2.45) is 0 Å². The average molecular weight is 184 g/mol. The molecule has 0 atom stereocenters. The van der Waals surface area contributed by atoms with Crippen LogP contribution in [0.2, 0.25) is 0 Å². The molecule has 0 heterocycles. The summed E-state index contributed by atoms with van der Waals surface area (Å²) < 4.78 is 4.78. The highest BCUT2D eigenvalue weighted by molar-refractivity contribution is 5.77. The Balaban J connectivity index is 3.23. The molecule has 0 saturated heterocycles. The zero-order valence-corrected chi connectivity index (χ0v) is 8.14. The number of hydrogen-bond donors (Lipinski definition) is 2. The van der Waals surface area contributed by atoms with Crippen LogP contribution in [0, 0.1) is 11.8 Å². The molecule has 0 aliphatic carbocycles. The number of amides is 1. The molecule has 4 heteroatoms. The van der Waals surface area contributed by atoms with E-state index in [-0.39, 0.29) is 5.91 Å². The molecular formula is C9H16N2O2. The van der Waals surface area contributed by atoms with Gasteiger partial charge in [-0.25, -0.2) is 0 Å². The summed E-state index contributed by atoms with van der Waals surface area (Å²) in [7, 11) is 1.60. The zero-order valence-electron chi connectivity index (χ0n) is 8.14. The van der Waals surface area contributed by atoms with Gasteiger partial charge >= 0.3 is 0 Å². The lowest BCUT2D eigenvalue weighted by atomic mass is 10.5. The van der Waals surface area contributed by atoms with Crippen LogP contribution < -0.4 is 10.6 Å². The van der Waals surface area contributed by atoms with E-state index in [0.717, 1.165) is 0 Å². The van der Waals surface area contributed by atoms with E-state index in [9.17, 15) is 4.79 Å². The summed E-state index contributed by atoms with van der Waals surface area (Å²) in [5.41, 5.74) is 0. The van der Waals surface area contributed by atoms with E-state index in [0.29, 0.717) is 26.2 Å². The van der Waals surface area contributed by atoms with E-state index < -0.39 is 0 Å². The molecular weight excluding hydrogens is 168 g/mol. The minimum Gasteiger partial charge on any atom is -0.383 e. The van der Waals surface area contributed by atoms with Crippen molar-refractivity contribution in [1.29, 1.82) is 0 Å². The van der Waals surface area contributed by atoms with Crippen molar-refractivity contribution in [1.82, 2.24) is 10.6 Å². The summed E-state index contributed by atoms with van der Waals surface area (Å²) in [6.45, 7) is 3.71. The van der Waals surface area contributed by atoms with Crippen molar-refractivity contribution in [3.05, 3.63) is 0 Å². The first-order chi connectivity index (χ1) is 6.31. The van der Waals surface area contributed by atoms with Gasteiger partial charge in [0.05, 0.1) is 19.7 Å². The summed E-state index contributed by atoms with van der Waals surface area (Å²) in [4.78, 5) is 11.0. The Hall–Kier alpha value is -1.05. The third-order valence-electron chi connectivity index (χ3n) is 1.30. The second kappa shape index (κ2) is 9.04. The van der Waals surface area contributed by atoms with E-state index in [4.69, 9.17) is 4.74 Å². The maximum Gasteiger partial charge on any atom is 0.234 e. The first-order valence-electron chi connectivity index (χ1n) is 4.17. The molecule has 0 radical (unpaired) electrons. The Bertz CT molecular complexity index is 194. The number of ether oxygens (including phenoxy) is 1. The van der Waals surface area contributed by atoms with Crippen LogP contribution in [0.25, 0.3) is 0 Å². The number of carbonyl (C=O) groups excluding carboxylic acids is 1. The zero-order chi connectivity index (χ0) is 9.94. The molecule has 0 aromatic rings. The molecule has 0 bridgehead atoms. The first kappa shape index (κ1) is 11.9. The minimum atomic E-state index is -0.0325. The van der Waals surface area contributed by atoms with Crippen molar-refractivity contribution in [2.45, 2.75) is 6.92 Å². The van der Waals surface area contributed by atoms with Crippen molar-refractivity contribution in [3.8, 4) is 11.8 Å². The van der Waals surface area contributed by atoms with E-state index in [1.807, 2.05) is 0 Å². The fourth-order valence-corrected chi connectivity index (χ4v) is 0.682. The topological polar surface area (TPSA) is 50.4 Å². The lowest BCUT2D eigenvalue weighted by Gasteiger charge is -2.03. The molecule has 0 aromatic heterocycles. The highest BCUT2D eigenvalue weighted by Gasteiger charge is 1.96. The van der Waals surface area contributed by atoms with Crippen LogP contribution in [0.15, 0.2) is 0 Å². The van der Waals surface area contributed by atoms with Gasteiger partial charge < -0.3 is 10.1 Å². The third-order valence-corrected chi connectivity index (χ3v) is 1.30. The summed E-state index contributed by atoms with van der Waals surface area (Å²) in [5, 5.41) is 5.57. The molecule has 0 spiro atoms. The summed E-state index contributed by atoms with van der Waals surface area (Å²) >= 11 is 0. The molecule has 0 saturated carbocycles. The van der Waals surface area contributed by atoms with Gasteiger partial charge in [0.1, 0.15) is 0 Å². The predicted octanol–water partition coefficient (Wildman–Crippen LogP) is -0.638. The van der Waals surface area contributed by atoms with Crippen LogP contribution in [0.3, 0.4) is 0 Å². The first-order valence-corrected chi connectivity index (χ1v) is 4.17. The number of rotatable bonds is 6. The van der Waals surface area contributed by atoms with Crippen molar-refractivity contribution in [3.63, 3.8) is 0 Å². The smallest absolute Gasteiger partial charge is 0.234 e. The van der Waals surface area contributed by atoms with Crippen LogP contribution in [0.4, 0.5) is 0 Å². The molecule has 0 fully saturated rings. The molecule has 13 heavy (non-hydrogen) atoms. The quantitative estimate of drug-likeness (QED) is 0.426. The average Bonchev–Trinajstić information content (AvgIpc) is 2.13. The number of nitrogens with one attached hydrogen (secondary N) is 2. The Labute approximate surface area is 79.0 Å². The lowest BCUT2D eigenvalue weighted by molar-refractivity contribution is -0.120. The highest BCUT2D eigenvalue weighted by atomic mass is 16.5. The SMILES string of the molecule is CC#CCNCC(=O)NCCOC. The van der Waals surface area contributed by atoms with Crippen LogP contribution in [0.1, 0.15) is 6.92 Å². The van der Waals surface area contributed by atoms with Crippen LogP contribution >= 0.6 is 0 Å². The molecule has 0 unspecified atom stereocenters. The van der Waals surface area contributed by atoms with Gasteiger partial charge in [0.15, 0.2) is 0 Å². The molecule has 2 N–H and O–H groups in total. The predicted molar refractivity (Wildman–Crippen MR) is 51.2 cm³/mol. The van der Waals surface area contributed by atoms with Crippen LogP contribution in [-0.2, 0) is 9.53 Å². The third kappa shape index (κ3) is 8.86. The van der Waals surface area contributed by atoms with Gasteiger partial charge in [-0.15, -0.1) is 5.92 Å². The van der Waals surface area contributed by atoms with E-state index in [2.05, 4.69) is 22.5 Å². The largest absolute Gasteiger partial charge is 0.383 e. The van der Waals surface area contributed by atoms with Gasteiger partial charge in [-0.3, -0.25) is 10.1 Å². The van der Waals surface area contributed by atoms with Gasteiger partial charge in [0.2, 0.25) is 5.91 Å². The van der Waals surface area contributed by atoms with Gasteiger partial charge in [-0.2, -0.15) is 0 Å². The maximum absolute atomic E-state index is 11.0.